The summed E-state index contributed by atoms with van der Waals surface area (Å²) >= 11 is 1.64. The summed E-state index contributed by atoms with van der Waals surface area (Å²) in [5.41, 5.74) is -0.0972. The first-order valence-corrected chi connectivity index (χ1v) is 9.18. The monoisotopic (exact) mass is 339 g/mol. The van der Waals surface area contributed by atoms with E-state index in [1.165, 1.54) is 13.0 Å². The summed E-state index contributed by atoms with van der Waals surface area (Å²) in [6.07, 6.45) is 0. The van der Waals surface area contributed by atoms with Crippen LogP contribution in [0.4, 0.5) is 5.69 Å². The molecule has 0 amide bonds. The van der Waals surface area contributed by atoms with E-state index < -0.39 is 19.7 Å². The molecule has 1 rings (SSSR count). The number of nitrogens with zero attached hydrogens (tertiary/aromatic N) is 1. The van der Waals surface area contributed by atoms with Crippen LogP contribution in [0.2, 0.25) is 0 Å². The third-order valence-corrected chi connectivity index (χ3v) is 4.73. The Hall–Kier alpha value is -0.990. The highest BCUT2D eigenvalue weighted by atomic mass is 35.7. The average molecular weight is 340 g/mol. The first-order chi connectivity index (χ1) is 9.27. The van der Waals surface area contributed by atoms with E-state index in [0.29, 0.717) is 17.9 Å². The number of benzene rings is 1. The maximum absolute atomic E-state index is 11.3. The second kappa shape index (κ2) is 7.14. The van der Waals surface area contributed by atoms with Gasteiger partial charge in [0.2, 0.25) is 0 Å². The summed E-state index contributed by atoms with van der Waals surface area (Å²) in [7, 11) is 1.22. The molecule has 0 aliphatic carbocycles. The van der Waals surface area contributed by atoms with Crippen LogP contribution in [-0.2, 0) is 9.05 Å². The fourth-order valence-electron chi connectivity index (χ4n) is 1.53. The van der Waals surface area contributed by atoms with E-state index in [2.05, 4.69) is 0 Å². The normalized spacial score (nSPS) is 11.3. The fourth-order valence-corrected chi connectivity index (χ4v) is 3.21. The summed E-state index contributed by atoms with van der Waals surface area (Å²) in [4.78, 5) is 10.0. The molecule has 0 saturated heterocycles. The molecule has 20 heavy (non-hydrogen) atoms. The number of aryl methyl sites for hydroxylation is 1. The predicted octanol–water partition coefficient (Wildman–Crippen LogP) is 2.96. The molecule has 0 bridgehead atoms. The SMILES string of the molecule is CCSCCOc1cc(C)c(S(=O)(=O)Cl)cc1[N+](=O)[O-]. The minimum Gasteiger partial charge on any atom is -0.486 e. The van der Waals surface area contributed by atoms with Crippen molar-refractivity contribution in [3.05, 3.63) is 27.8 Å². The number of nitro benzene ring substituents is 1. The van der Waals surface area contributed by atoms with Gasteiger partial charge in [-0.15, -0.1) is 0 Å². The standard InChI is InChI=1S/C11H14ClNO5S2/c1-3-19-5-4-18-10-6-8(2)11(20(12,16)17)7-9(10)13(14)15/h6-7H,3-5H2,1-2H3. The summed E-state index contributed by atoms with van der Waals surface area (Å²) in [5, 5.41) is 11.0. The van der Waals surface area contributed by atoms with Crippen molar-refractivity contribution in [2.75, 3.05) is 18.1 Å². The van der Waals surface area contributed by atoms with E-state index in [9.17, 15) is 18.5 Å². The van der Waals surface area contributed by atoms with Gasteiger partial charge in [-0.05, 0) is 24.3 Å². The maximum Gasteiger partial charge on any atom is 0.312 e. The van der Waals surface area contributed by atoms with Crippen LogP contribution in [0.3, 0.4) is 0 Å². The lowest BCUT2D eigenvalue weighted by Gasteiger charge is -2.09. The summed E-state index contributed by atoms with van der Waals surface area (Å²) in [5.74, 6) is 1.67. The number of ether oxygens (including phenoxy) is 1. The number of hydrogen-bond donors (Lipinski definition) is 0. The van der Waals surface area contributed by atoms with Crippen molar-refractivity contribution in [2.45, 2.75) is 18.7 Å². The van der Waals surface area contributed by atoms with Crippen LogP contribution >= 0.6 is 22.4 Å². The van der Waals surface area contributed by atoms with E-state index >= 15 is 0 Å². The third-order valence-electron chi connectivity index (χ3n) is 2.41. The molecule has 0 fully saturated rings. The highest BCUT2D eigenvalue weighted by Gasteiger charge is 2.23. The van der Waals surface area contributed by atoms with Crippen molar-refractivity contribution in [1.29, 1.82) is 0 Å². The Morgan fingerprint density at radius 1 is 1.45 bits per heavy atom. The molecule has 112 valence electrons. The van der Waals surface area contributed by atoms with Gasteiger partial charge in [-0.1, -0.05) is 6.92 Å². The van der Waals surface area contributed by atoms with Gasteiger partial charge in [-0.2, -0.15) is 11.8 Å². The van der Waals surface area contributed by atoms with Gasteiger partial charge < -0.3 is 4.74 Å². The first-order valence-electron chi connectivity index (χ1n) is 5.71. The highest BCUT2D eigenvalue weighted by molar-refractivity contribution is 8.13. The topological polar surface area (TPSA) is 86.5 Å². The van der Waals surface area contributed by atoms with Crippen molar-refractivity contribution in [2.24, 2.45) is 0 Å². The molecule has 0 aliphatic heterocycles. The van der Waals surface area contributed by atoms with Gasteiger partial charge in [0, 0.05) is 22.5 Å². The Kier molecular flexibility index (Phi) is 6.09. The lowest BCUT2D eigenvalue weighted by molar-refractivity contribution is -0.386. The van der Waals surface area contributed by atoms with Gasteiger partial charge in [0.05, 0.1) is 16.4 Å². The van der Waals surface area contributed by atoms with Gasteiger partial charge in [0.1, 0.15) is 0 Å². The zero-order chi connectivity index (χ0) is 15.3. The van der Waals surface area contributed by atoms with Crippen LogP contribution in [0, 0.1) is 17.0 Å². The van der Waals surface area contributed by atoms with Crippen molar-refractivity contribution < 1.29 is 18.1 Å². The molecule has 0 aromatic heterocycles. The number of rotatable bonds is 7. The molecule has 1 aromatic rings. The fraction of sp³-hybridized carbons (Fsp3) is 0.455. The van der Waals surface area contributed by atoms with Gasteiger partial charge >= 0.3 is 5.69 Å². The van der Waals surface area contributed by atoms with Crippen molar-refractivity contribution in [3.63, 3.8) is 0 Å². The van der Waals surface area contributed by atoms with Gasteiger partial charge in [0.15, 0.2) is 5.75 Å². The largest absolute Gasteiger partial charge is 0.486 e. The summed E-state index contributed by atoms with van der Waals surface area (Å²) < 4.78 is 28.0. The molecule has 0 unspecified atom stereocenters. The number of halogens is 1. The number of hydrogen-bond acceptors (Lipinski definition) is 6. The lowest BCUT2D eigenvalue weighted by Crippen LogP contribution is -2.05. The molecule has 0 atom stereocenters. The van der Waals surface area contributed by atoms with Crippen LogP contribution in [0.5, 0.6) is 5.75 Å². The first kappa shape index (κ1) is 17.1. The van der Waals surface area contributed by atoms with E-state index in [1.807, 2.05) is 6.92 Å². The van der Waals surface area contributed by atoms with Crippen molar-refractivity contribution >= 4 is 37.2 Å². The highest BCUT2D eigenvalue weighted by Crippen LogP contribution is 2.33. The molecular weight excluding hydrogens is 326 g/mol. The Labute approximate surface area is 126 Å². The Bertz CT molecular complexity index is 603. The van der Waals surface area contributed by atoms with Gasteiger partial charge in [-0.3, -0.25) is 10.1 Å². The van der Waals surface area contributed by atoms with E-state index in [-0.39, 0.29) is 10.6 Å². The maximum atomic E-state index is 11.3. The molecule has 0 heterocycles. The van der Waals surface area contributed by atoms with E-state index in [4.69, 9.17) is 15.4 Å². The molecule has 0 aliphatic rings. The second-order valence-corrected chi connectivity index (χ2v) is 7.75. The van der Waals surface area contributed by atoms with Crippen molar-refractivity contribution in [1.82, 2.24) is 0 Å². The summed E-state index contributed by atoms with van der Waals surface area (Å²) in [6, 6.07) is 2.25. The summed E-state index contributed by atoms with van der Waals surface area (Å²) in [6.45, 7) is 3.82. The van der Waals surface area contributed by atoms with Crippen LogP contribution in [0.1, 0.15) is 12.5 Å². The zero-order valence-corrected chi connectivity index (χ0v) is 13.3. The second-order valence-electron chi connectivity index (χ2n) is 3.83. The predicted molar refractivity (Wildman–Crippen MR) is 79.4 cm³/mol. The van der Waals surface area contributed by atoms with Crippen LogP contribution < -0.4 is 4.74 Å². The van der Waals surface area contributed by atoms with Crippen LogP contribution in [0.15, 0.2) is 17.0 Å². The molecule has 0 radical (unpaired) electrons. The number of thioether (sulfide) groups is 1. The Morgan fingerprint density at radius 3 is 2.60 bits per heavy atom. The molecule has 9 heteroatoms. The smallest absolute Gasteiger partial charge is 0.312 e. The lowest BCUT2D eigenvalue weighted by atomic mass is 10.2. The van der Waals surface area contributed by atoms with E-state index in [0.717, 1.165) is 11.8 Å². The zero-order valence-electron chi connectivity index (χ0n) is 11.0. The molecule has 0 N–H and O–H groups in total. The third kappa shape index (κ3) is 4.53. The van der Waals surface area contributed by atoms with Gasteiger partial charge in [0.25, 0.3) is 9.05 Å². The minimum atomic E-state index is -4.03. The van der Waals surface area contributed by atoms with E-state index in [1.54, 1.807) is 11.8 Å². The Morgan fingerprint density at radius 2 is 2.10 bits per heavy atom. The number of nitro groups is 1. The quantitative estimate of drug-likeness (QED) is 0.328. The molecule has 6 nitrogen and oxygen atoms in total. The molecular formula is C11H14ClNO5S2. The molecule has 0 spiro atoms. The van der Waals surface area contributed by atoms with Crippen molar-refractivity contribution in [3.8, 4) is 5.75 Å². The molecule has 0 saturated carbocycles. The molecule has 1 aromatic carbocycles. The Balaban J connectivity index is 3.12. The van der Waals surface area contributed by atoms with Crippen LogP contribution in [0.25, 0.3) is 0 Å². The average Bonchev–Trinajstić information content (AvgIpc) is 2.32. The minimum absolute atomic E-state index is 0.0493. The van der Waals surface area contributed by atoms with Crippen LogP contribution in [-0.4, -0.2) is 31.5 Å². The van der Waals surface area contributed by atoms with Gasteiger partial charge in [-0.25, -0.2) is 8.42 Å².